The van der Waals surface area contributed by atoms with Crippen molar-refractivity contribution >= 4 is 17.8 Å². The maximum atomic E-state index is 13.2. The van der Waals surface area contributed by atoms with Crippen LogP contribution in [-0.4, -0.2) is 110 Å². The second kappa shape index (κ2) is 12.7. The second-order valence-corrected chi connectivity index (χ2v) is 13.5. The molecule has 3 saturated heterocycles. The summed E-state index contributed by atoms with van der Waals surface area (Å²) in [4.78, 5) is 41.1. The topological polar surface area (TPSA) is 110 Å². The van der Waals surface area contributed by atoms with Gasteiger partial charge < -0.3 is 28.6 Å². The standard InChI is InChI=1S/C31H50N2O8/c1-21(2)8-10-24-30(6,41-24)27-26(37-7)22(12-13-31(27)20-39-31)40-28(36)33-16-14-32(15-17-33)18-19-38-25(35)11-9-23(34)29(3,4)5/h8,22,24,26-27H,9-20H2,1-7H3/t22-,24-,26-,27-,30+,31+/m1/s1. The van der Waals surface area contributed by atoms with Gasteiger partial charge in [0.05, 0.1) is 25.0 Å². The molecule has 0 unspecified atom stereocenters. The lowest BCUT2D eigenvalue weighted by Crippen LogP contribution is -2.57. The van der Waals surface area contributed by atoms with Gasteiger partial charge in [-0.05, 0) is 40.0 Å². The summed E-state index contributed by atoms with van der Waals surface area (Å²) in [7, 11) is 1.69. The van der Waals surface area contributed by atoms with Crippen LogP contribution in [0.5, 0.6) is 0 Å². The van der Waals surface area contributed by atoms with E-state index in [-0.39, 0.29) is 72.7 Å². The van der Waals surface area contributed by atoms with Crippen molar-refractivity contribution < 1.29 is 38.1 Å². The van der Waals surface area contributed by atoms with Gasteiger partial charge in [-0.1, -0.05) is 32.4 Å². The molecule has 1 spiro atoms. The number of nitrogens with zero attached hydrogens (tertiary/aromatic N) is 2. The summed E-state index contributed by atoms with van der Waals surface area (Å²) < 4.78 is 29.7. The molecule has 1 saturated carbocycles. The molecule has 10 heteroatoms. The Labute approximate surface area is 245 Å². The number of Topliss-reactive ketones (excluding diaryl/α,β-unsaturated/α-hetero) is 1. The molecule has 3 heterocycles. The summed E-state index contributed by atoms with van der Waals surface area (Å²) in [6.07, 6.45) is 4.01. The van der Waals surface area contributed by atoms with Gasteiger partial charge in [-0.3, -0.25) is 14.5 Å². The minimum atomic E-state index is -0.448. The van der Waals surface area contributed by atoms with Crippen LogP contribution >= 0.6 is 0 Å². The van der Waals surface area contributed by atoms with Crippen LogP contribution in [0.1, 0.15) is 73.6 Å². The third kappa shape index (κ3) is 7.69. The van der Waals surface area contributed by atoms with Crippen LogP contribution in [0.25, 0.3) is 0 Å². The van der Waals surface area contributed by atoms with E-state index < -0.39 is 5.41 Å². The lowest BCUT2D eigenvalue weighted by molar-refractivity contribution is -0.146. The molecule has 1 aliphatic carbocycles. The van der Waals surface area contributed by atoms with Gasteiger partial charge in [0.2, 0.25) is 0 Å². The molecule has 6 atom stereocenters. The summed E-state index contributed by atoms with van der Waals surface area (Å²) >= 11 is 0. The predicted octanol–water partition coefficient (Wildman–Crippen LogP) is 3.76. The van der Waals surface area contributed by atoms with Gasteiger partial charge in [-0.2, -0.15) is 0 Å². The Hall–Kier alpha value is -2.01. The first-order chi connectivity index (χ1) is 19.3. The third-order valence-corrected chi connectivity index (χ3v) is 9.18. The van der Waals surface area contributed by atoms with Crippen molar-refractivity contribution in [1.29, 1.82) is 0 Å². The van der Waals surface area contributed by atoms with Crippen molar-refractivity contribution in [2.24, 2.45) is 11.3 Å². The molecule has 41 heavy (non-hydrogen) atoms. The first-order valence-corrected chi connectivity index (χ1v) is 15.1. The molecule has 1 amide bonds. The Kier molecular flexibility index (Phi) is 9.88. The van der Waals surface area contributed by atoms with E-state index in [1.165, 1.54) is 5.57 Å². The van der Waals surface area contributed by atoms with Crippen molar-refractivity contribution in [2.75, 3.05) is 53.0 Å². The average Bonchev–Trinajstić information content (AvgIpc) is 3.83. The highest BCUT2D eigenvalue weighted by atomic mass is 16.6. The Morgan fingerprint density at radius 3 is 2.34 bits per heavy atom. The van der Waals surface area contributed by atoms with E-state index >= 15 is 0 Å². The first-order valence-electron chi connectivity index (χ1n) is 15.1. The van der Waals surface area contributed by atoms with Crippen molar-refractivity contribution in [3.8, 4) is 0 Å². The van der Waals surface area contributed by atoms with Crippen LogP contribution in [0.15, 0.2) is 11.6 Å². The monoisotopic (exact) mass is 578 g/mol. The molecule has 4 fully saturated rings. The molecular weight excluding hydrogens is 528 g/mol. The molecule has 0 radical (unpaired) electrons. The number of epoxide rings is 2. The van der Waals surface area contributed by atoms with E-state index in [9.17, 15) is 14.4 Å². The van der Waals surface area contributed by atoms with Crippen LogP contribution in [-0.2, 0) is 33.3 Å². The molecule has 10 nitrogen and oxygen atoms in total. The molecule has 3 aliphatic heterocycles. The van der Waals surface area contributed by atoms with Gasteiger partial charge in [0.25, 0.3) is 0 Å². The number of ether oxygens (including phenoxy) is 5. The van der Waals surface area contributed by atoms with Gasteiger partial charge in [-0.25, -0.2) is 4.79 Å². The van der Waals surface area contributed by atoms with E-state index in [0.29, 0.717) is 45.8 Å². The number of piperazine rings is 1. The zero-order valence-electron chi connectivity index (χ0n) is 26.0. The Morgan fingerprint density at radius 2 is 1.76 bits per heavy atom. The van der Waals surface area contributed by atoms with E-state index in [1.807, 2.05) is 20.8 Å². The molecule has 0 aromatic carbocycles. The number of methoxy groups -OCH3 is 1. The molecule has 4 rings (SSSR count). The summed E-state index contributed by atoms with van der Waals surface area (Å²) in [6.45, 7) is 15.8. The lowest BCUT2D eigenvalue weighted by Gasteiger charge is -2.43. The number of carbonyl (C=O) groups excluding carboxylic acids is 3. The van der Waals surface area contributed by atoms with E-state index in [0.717, 1.165) is 12.8 Å². The molecule has 0 N–H and O–H groups in total. The Morgan fingerprint density at radius 1 is 1.07 bits per heavy atom. The quantitative estimate of drug-likeness (QED) is 0.206. The van der Waals surface area contributed by atoms with Gasteiger partial charge in [0.15, 0.2) is 0 Å². The first kappa shape index (κ1) is 31.9. The molecule has 0 aromatic rings. The number of rotatable bonds is 11. The molecule has 0 aromatic heterocycles. The van der Waals surface area contributed by atoms with Gasteiger partial charge in [0, 0.05) is 51.7 Å². The van der Waals surface area contributed by atoms with Crippen LogP contribution in [0.4, 0.5) is 4.79 Å². The van der Waals surface area contributed by atoms with E-state index in [2.05, 4.69) is 31.7 Å². The fraction of sp³-hybridized carbons (Fsp3) is 0.839. The van der Waals surface area contributed by atoms with Crippen molar-refractivity contribution in [2.45, 2.75) is 103 Å². The number of esters is 1. The van der Waals surface area contributed by atoms with Crippen molar-refractivity contribution in [3.63, 3.8) is 0 Å². The third-order valence-electron chi connectivity index (χ3n) is 9.18. The molecule has 0 bridgehead atoms. The van der Waals surface area contributed by atoms with Crippen molar-refractivity contribution in [1.82, 2.24) is 9.80 Å². The van der Waals surface area contributed by atoms with Gasteiger partial charge in [-0.15, -0.1) is 0 Å². The highest BCUT2D eigenvalue weighted by molar-refractivity contribution is 5.86. The minimum Gasteiger partial charge on any atom is -0.464 e. The van der Waals surface area contributed by atoms with Crippen LogP contribution < -0.4 is 0 Å². The largest absolute Gasteiger partial charge is 0.464 e. The van der Waals surface area contributed by atoms with Crippen LogP contribution in [0.3, 0.4) is 0 Å². The van der Waals surface area contributed by atoms with Crippen molar-refractivity contribution in [3.05, 3.63) is 11.6 Å². The Balaban J connectivity index is 1.21. The fourth-order valence-corrected chi connectivity index (χ4v) is 6.38. The van der Waals surface area contributed by atoms with Gasteiger partial charge >= 0.3 is 12.1 Å². The highest BCUT2D eigenvalue weighted by Crippen LogP contribution is 2.59. The average molecular weight is 579 g/mol. The van der Waals surface area contributed by atoms with E-state index in [4.69, 9.17) is 23.7 Å². The van der Waals surface area contributed by atoms with Crippen LogP contribution in [0.2, 0.25) is 0 Å². The summed E-state index contributed by atoms with van der Waals surface area (Å²) in [5, 5.41) is 0. The number of hydrogen-bond acceptors (Lipinski definition) is 9. The second-order valence-electron chi connectivity index (χ2n) is 13.5. The zero-order chi connectivity index (χ0) is 30.0. The smallest absolute Gasteiger partial charge is 0.410 e. The highest BCUT2D eigenvalue weighted by Gasteiger charge is 2.72. The predicted molar refractivity (Wildman–Crippen MR) is 152 cm³/mol. The number of allylic oxidation sites excluding steroid dienone is 1. The normalized spacial score (nSPS) is 33.3. The number of hydrogen-bond donors (Lipinski definition) is 0. The summed E-state index contributed by atoms with van der Waals surface area (Å²) in [5.74, 6) is -0.305. The number of amides is 1. The lowest BCUT2D eigenvalue weighted by atomic mass is 9.68. The van der Waals surface area contributed by atoms with E-state index in [1.54, 1.807) is 12.0 Å². The zero-order valence-corrected chi connectivity index (χ0v) is 26.0. The van der Waals surface area contributed by atoms with Crippen LogP contribution in [0, 0.1) is 11.3 Å². The number of carbonyl (C=O) groups is 3. The summed E-state index contributed by atoms with van der Waals surface area (Å²) in [6, 6.07) is 0. The number of ketones is 1. The SMILES string of the molecule is CO[C@@H]1[C@H](OC(=O)N2CCN(CCOC(=O)CCC(=O)C(C)(C)C)CC2)CC[C@]2(CO2)[C@H]1[C@@]1(C)O[C@@H]1CC=C(C)C. The maximum Gasteiger partial charge on any atom is 0.410 e. The minimum absolute atomic E-state index is 0.00625. The summed E-state index contributed by atoms with van der Waals surface area (Å²) in [5.41, 5.74) is 0.195. The Bertz CT molecular complexity index is 991. The van der Waals surface area contributed by atoms with Gasteiger partial charge in [0.1, 0.15) is 35.8 Å². The molecular formula is C31H50N2O8. The fourth-order valence-electron chi connectivity index (χ4n) is 6.38. The molecule has 4 aliphatic rings. The molecule has 232 valence electrons. The maximum absolute atomic E-state index is 13.2.